The quantitative estimate of drug-likeness (QED) is 0.833. The van der Waals surface area contributed by atoms with Gasteiger partial charge in [-0.25, -0.2) is 8.78 Å². The molecule has 0 amide bonds. The van der Waals surface area contributed by atoms with E-state index in [-0.39, 0.29) is 17.6 Å². The molecule has 2 atom stereocenters. The topological polar surface area (TPSA) is 12.0 Å². The van der Waals surface area contributed by atoms with Gasteiger partial charge in [-0.2, -0.15) is 0 Å². The minimum Gasteiger partial charge on any atom is -0.316 e. The molecule has 1 aliphatic rings. The van der Waals surface area contributed by atoms with Gasteiger partial charge in [0.25, 0.3) is 0 Å². The van der Waals surface area contributed by atoms with Gasteiger partial charge < -0.3 is 5.32 Å². The van der Waals surface area contributed by atoms with Gasteiger partial charge in [-0.15, -0.1) is 0 Å². The number of benzene rings is 1. The van der Waals surface area contributed by atoms with Gasteiger partial charge >= 0.3 is 0 Å². The first kappa shape index (κ1) is 11.5. The molecule has 1 saturated heterocycles. The largest absolute Gasteiger partial charge is 0.316 e. The predicted molar refractivity (Wildman–Crippen MR) is 60.4 cm³/mol. The molecule has 0 spiro atoms. The number of nitrogens with one attached hydrogen (secondary N) is 1. The summed E-state index contributed by atoms with van der Waals surface area (Å²) in [5, 5.41) is 3.29. The zero-order chi connectivity index (χ0) is 11.5. The van der Waals surface area contributed by atoms with Crippen LogP contribution in [0, 0.1) is 17.6 Å². The van der Waals surface area contributed by atoms with Crippen LogP contribution in [0.3, 0.4) is 0 Å². The number of hydrogen-bond donors (Lipinski definition) is 1. The summed E-state index contributed by atoms with van der Waals surface area (Å²) in [7, 11) is 0. The molecule has 1 fully saturated rings. The van der Waals surface area contributed by atoms with E-state index in [9.17, 15) is 8.78 Å². The Morgan fingerprint density at radius 2 is 2.25 bits per heavy atom. The fourth-order valence-corrected chi connectivity index (χ4v) is 2.43. The van der Waals surface area contributed by atoms with Gasteiger partial charge in [0.05, 0.1) is 0 Å². The lowest BCUT2D eigenvalue weighted by Gasteiger charge is -2.16. The molecular weight excluding hydrogens is 208 g/mol. The summed E-state index contributed by atoms with van der Waals surface area (Å²) in [6, 6.07) is 3.71. The second kappa shape index (κ2) is 4.91. The van der Waals surface area contributed by atoms with Crippen molar-refractivity contribution in [1.29, 1.82) is 0 Å². The molecule has 88 valence electrons. The van der Waals surface area contributed by atoms with E-state index in [2.05, 4.69) is 5.32 Å². The van der Waals surface area contributed by atoms with Crippen LogP contribution in [-0.2, 0) is 0 Å². The molecule has 2 unspecified atom stereocenters. The van der Waals surface area contributed by atoms with Crippen LogP contribution in [0.2, 0.25) is 0 Å². The van der Waals surface area contributed by atoms with Crippen LogP contribution in [0.25, 0.3) is 0 Å². The summed E-state index contributed by atoms with van der Waals surface area (Å²) in [4.78, 5) is 0. The van der Waals surface area contributed by atoms with Crippen molar-refractivity contribution in [3.63, 3.8) is 0 Å². The molecule has 0 saturated carbocycles. The van der Waals surface area contributed by atoms with Crippen LogP contribution < -0.4 is 5.32 Å². The van der Waals surface area contributed by atoms with E-state index in [1.165, 1.54) is 18.2 Å². The molecule has 1 N–H and O–H groups in total. The van der Waals surface area contributed by atoms with Crippen molar-refractivity contribution < 1.29 is 8.78 Å². The Balaban J connectivity index is 2.07. The van der Waals surface area contributed by atoms with E-state index in [1.54, 1.807) is 0 Å². The Morgan fingerprint density at radius 3 is 2.94 bits per heavy atom. The van der Waals surface area contributed by atoms with E-state index in [1.807, 2.05) is 6.92 Å². The zero-order valence-electron chi connectivity index (χ0n) is 9.47. The predicted octanol–water partition coefficient (Wildman–Crippen LogP) is 3.07. The standard InChI is InChI=1S/C13H17F2N/c1-9(6-10-4-5-16-8-10)12-7-11(14)2-3-13(12)15/h2-3,7,9-10,16H,4-6,8H2,1H3. The highest BCUT2D eigenvalue weighted by molar-refractivity contribution is 5.22. The number of hydrogen-bond acceptors (Lipinski definition) is 1. The minimum atomic E-state index is -0.354. The molecule has 1 heterocycles. The molecule has 1 nitrogen and oxygen atoms in total. The molecule has 3 heteroatoms. The van der Waals surface area contributed by atoms with Gasteiger partial charge in [-0.05, 0) is 61.5 Å². The van der Waals surface area contributed by atoms with Gasteiger partial charge in [0.1, 0.15) is 11.6 Å². The molecule has 1 aliphatic heterocycles. The molecule has 0 aromatic heterocycles. The van der Waals surface area contributed by atoms with Crippen LogP contribution in [0.15, 0.2) is 18.2 Å². The van der Waals surface area contributed by atoms with Gasteiger partial charge in [-0.3, -0.25) is 0 Å². The van der Waals surface area contributed by atoms with E-state index >= 15 is 0 Å². The van der Waals surface area contributed by atoms with Gasteiger partial charge in [0.15, 0.2) is 0 Å². The highest BCUT2D eigenvalue weighted by Crippen LogP contribution is 2.28. The SMILES string of the molecule is CC(CC1CCNC1)c1cc(F)ccc1F. The molecule has 0 aliphatic carbocycles. The van der Waals surface area contributed by atoms with Gasteiger partial charge in [0, 0.05) is 0 Å². The molecule has 16 heavy (non-hydrogen) atoms. The lowest BCUT2D eigenvalue weighted by Crippen LogP contribution is -2.11. The van der Waals surface area contributed by atoms with E-state index in [4.69, 9.17) is 0 Å². The van der Waals surface area contributed by atoms with Crippen molar-refractivity contribution in [1.82, 2.24) is 5.32 Å². The Bertz CT molecular complexity index is 359. The van der Waals surface area contributed by atoms with E-state index in [0.29, 0.717) is 11.5 Å². The van der Waals surface area contributed by atoms with E-state index < -0.39 is 0 Å². The molecule has 1 aromatic carbocycles. The third-order valence-corrected chi connectivity index (χ3v) is 3.34. The third kappa shape index (κ3) is 2.59. The lowest BCUT2D eigenvalue weighted by molar-refractivity contribution is 0.467. The van der Waals surface area contributed by atoms with Gasteiger partial charge in [0.2, 0.25) is 0 Å². The van der Waals surface area contributed by atoms with E-state index in [0.717, 1.165) is 25.9 Å². The number of halogens is 2. The molecule has 0 bridgehead atoms. The van der Waals surface area contributed by atoms with Gasteiger partial charge in [-0.1, -0.05) is 6.92 Å². The maximum atomic E-state index is 13.5. The Labute approximate surface area is 94.9 Å². The molecule has 2 rings (SSSR count). The van der Waals surface area contributed by atoms with Crippen LogP contribution in [0.4, 0.5) is 8.78 Å². The first-order valence-electron chi connectivity index (χ1n) is 5.82. The highest BCUT2D eigenvalue weighted by atomic mass is 19.1. The Morgan fingerprint density at radius 1 is 1.44 bits per heavy atom. The van der Waals surface area contributed by atoms with Crippen LogP contribution in [-0.4, -0.2) is 13.1 Å². The summed E-state index contributed by atoms with van der Waals surface area (Å²) >= 11 is 0. The maximum Gasteiger partial charge on any atom is 0.126 e. The molecular formula is C13H17F2N. The van der Waals surface area contributed by atoms with Crippen molar-refractivity contribution in [2.24, 2.45) is 5.92 Å². The lowest BCUT2D eigenvalue weighted by atomic mass is 9.89. The summed E-state index contributed by atoms with van der Waals surface area (Å²) < 4.78 is 26.6. The highest BCUT2D eigenvalue weighted by Gasteiger charge is 2.20. The van der Waals surface area contributed by atoms with Crippen molar-refractivity contribution in [3.05, 3.63) is 35.4 Å². The van der Waals surface area contributed by atoms with Crippen molar-refractivity contribution in [2.75, 3.05) is 13.1 Å². The Kier molecular flexibility index (Phi) is 3.54. The Hall–Kier alpha value is -0.960. The third-order valence-electron chi connectivity index (χ3n) is 3.34. The summed E-state index contributed by atoms with van der Waals surface area (Å²) in [5.74, 6) is 0.0333. The normalized spacial score (nSPS) is 22.3. The fourth-order valence-electron chi connectivity index (χ4n) is 2.43. The monoisotopic (exact) mass is 225 g/mol. The van der Waals surface area contributed by atoms with Crippen LogP contribution in [0.1, 0.15) is 31.2 Å². The second-order valence-corrected chi connectivity index (χ2v) is 4.66. The maximum absolute atomic E-state index is 13.5. The number of rotatable bonds is 3. The average molecular weight is 225 g/mol. The average Bonchev–Trinajstić information content (AvgIpc) is 2.74. The van der Waals surface area contributed by atoms with Crippen molar-refractivity contribution in [3.8, 4) is 0 Å². The molecule has 0 radical (unpaired) electrons. The fraction of sp³-hybridized carbons (Fsp3) is 0.538. The minimum absolute atomic E-state index is 0.0839. The second-order valence-electron chi connectivity index (χ2n) is 4.66. The zero-order valence-corrected chi connectivity index (χ0v) is 9.47. The van der Waals surface area contributed by atoms with Crippen LogP contribution in [0.5, 0.6) is 0 Å². The smallest absolute Gasteiger partial charge is 0.126 e. The first-order valence-corrected chi connectivity index (χ1v) is 5.82. The first-order chi connectivity index (χ1) is 7.66. The summed E-state index contributed by atoms with van der Waals surface area (Å²) in [6.07, 6.45) is 2.06. The van der Waals surface area contributed by atoms with Crippen molar-refractivity contribution in [2.45, 2.75) is 25.7 Å². The molecule has 1 aromatic rings. The summed E-state index contributed by atoms with van der Waals surface area (Å²) in [6.45, 7) is 4.01. The van der Waals surface area contributed by atoms with Crippen molar-refractivity contribution >= 4 is 0 Å². The summed E-state index contributed by atoms with van der Waals surface area (Å²) in [5.41, 5.74) is 0.506. The van der Waals surface area contributed by atoms with Crippen LogP contribution >= 0.6 is 0 Å².